The Labute approximate surface area is 120 Å². The molecule has 2 heterocycles. The molecule has 0 bridgehead atoms. The smallest absolute Gasteiger partial charge is 0.498 e. The lowest BCUT2D eigenvalue weighted by Crippen LogP contribution is -2.41. The first-order valence-corrected chi connectivity index (χ1v) is 7.07. The highest BCUT2D eigenvalue weighted by Gasteiger charge is 2.53. The summed E-state index contributed by atoms with van der Waals surface area (Å²) in [5.41, 5.74) is 1.70. The first kappa shape index (κ1) is 13.8. The molecule has 0 unspecified atom stereocenters. The average Bonchev–Trinajstić information content (AvgIpc) is 2.82. The molecule has 1 aromatic rings. The van der Waals surface area contributed by atoms with Crippen LogP contribution in [-0.2, 0) is 15.7 Å². The molecule has 1 N–H and O–H groups in total. The number of phenols is 1. The van der Waals surface area contributed by atoms with Gasteiger partial charge in [-0.3, -0.25) is 0 Å². The molecule has 0 amide bonds. The van der Waals surface area contributed by atoms with E-state index in [-0.39, 0.29) is 5.75 Å². The van der Waals surface area contributed by atoms with Gasteiger partial charge in [-0.05, 0) is 46.2 Å². The number of rotatable bonds is 1. The lowest BCUT2D eigenvalue weighted by Gasteiger charge is -2.32. The second-order valence-corrected chi connectivity index (χ2v) is 6.62. The molecule has 0 radical (unpaired) electrons. The first-order chi connectivity index (χ1) is 9.23. The van der Waals surface area contributed by atoms with Gasteiger partial charge in [0.25, 0.3) is 0 Å². The summed E-state index contributed by atoms with van der Waals surface area (Å²) in [5, 5.41) is 10.6. The van der Waals surface area contributed by atoms with Crippen molar-refractivity contribution in [1.82, 2.24) is 0 Å². The van der Waals surface area contributed by atoms with E-state index in [2.05, 4.69) is 0 Å². The van der Waals surface area contributed by atoms with E-state index in [4.69, 9.17) is 14.0 Å². The van der Waals surface area contributed by atoms with E-state index in [1.807, 2.05) is 40.7 Å². The maximum Gasteiger partial charge on any atom is 0.498 e. The quantitative estimate of drug-likeness (QED) is 0.796. The summed E-state index contributed by atoms with van der Waals surface area (Å²) in [4.78, 5) is 0. The van der Waals surface area contributed by atoms with Crippen LogP contribution in [0.5, 0.6) is 11.5 Å². The van der Waals surface area contributed by atoms with Gasteiger partial charge in [-0.1, -0.05) is 0 Å². The molecule has 0 saturated carbocycles. The van der Waals surface area contributed by atoms with Gasteiger partial charge in [0, 0.05) is 17.4 Å². The summed E-state index contributed by atoms with van der Waals surface area (Å²) in [6, 6.07) is 1.96. The Bertz CT molecular complexity index is 549. The molecule has 0 aliphatic carbocycles. The zero-order valence-electron chi connectivity index (χ0n) is 12.7. The number of aromatic hydroxyl groups is 1. The molecule has 108 valence electrons. The van der Waals surface area contributed by atoms with Crippen LogP contribution in [0, 0.1) is 6.92 Å². The summed E-state index contributed by atoms with van der Waals surface area (Å²) in [6.07, 6.45) is 0.730. The predicted octanol–water partition coefficient (Wildman–Crippen LogP) is 1.93. The van der Waals surface area contributed by atoms with Crippen molar-refractivity contribution >= 4 is 12.6 Å². The highest BCUT2D eigenvalue weighted by atomic mass is 16.7. The molecule has 1 aromatic carbocycles. The van der Waals surface area contributed by atoms with Crippen molar-refractivity contribution in [2.24, 2.45) is 0 Å². The standard InChI is InChI=1S/C15H21BO4/c1-9-8-11-10(6-7-18-11)13(17)12(9)16-19-14(2,3)15(4,5)20-16/h8,17H,6-7H2,1-5H3. The molecule has 3 rings (SSSR count). The molecular formula is C15H21BO4. The van der Waals surface area contributed by atoms with Crippen LogP contribution in [0.1, 0.15) is 38.8 Å². The van der Waals surface area contributed by atoms with Crippen LogP contribution < -0.4 is 10.2 Å². The third kappa shape index (κ3) is 1.84. The SMILES string of the molecule is Cc1cc2c(c(O)c1B1OC(C)(C)C(C)(C)O1)CCO2. The van der Waals surface area contributed by atoms with Crippen LogP contribution in [0.2, 0.25) is 0 Å². The molecule has 0 atom stereocenters. The Morgan fingerprint density at radius 3 is 2.35 bits per heavy atom. The summed E-state index contributed by atoms with van der Waals surface area (Å²) >= 11 is 0. The largest absolute Gasteiger partial charge is 0.508 e. The van der Waals surface area contributed by atoms with E-state index in [0.717, 1.165) is 28.8 Å². The molecule has 2 aliphatic heterocycles. The highest BCUT2D eigenvalue weighted by molar-refractivity contribution is 6.63. The maximum absolute atomic E-state index is 10.6. The number of fused-ring (bicyclic) bond motifs is 1. The third-order valence-electron chi connectivity index (χ3n) is 4.71. The number of hydrogen-bond donors (Lipinski definition) is 1. The minimum absolute atomic E-state index is 0.260. The zero-order chi connectivity index (χ0) is 14.7. The minimum Gasteiger partial charge on any atom is -0.508 e. The van der Waals surface area contributed by atoms with Gasteiger partial charge in [0.05, 0.1) is 17.8 Å². The fourth-order valence-corrected chi connectivity index (χ4v) is 2.72. The molecular weight excluding hydrogens is 255 g/mol. The molecule has 1 saturated heterocycles. The molecule has 1 fully saturated rings. The Balaban J connectivity index is 2.05. The third-order valence-corrected chi connectivity index (χ3v) is 4.71. The van der Waals surface area contributed by atoms with E-state index in [0.29, 0.717) is 6.61 Å². The molecule has 0 aromatic heterocycles. The molecule has 2 aliphatic rings. The second-order valence-electron chi connectivity index (χ2n) is 6.62. The van der Waals surface area contributed by atoms with E-state index < -0.39 is 18.3 Å². The fraction of sp³-hybridized carbons (Fsp3) is 0.600. The van der Waals surface area contributed by atoms with Crippen LogP contribution in [0.3, 0.4) is 0 Å². The van der Waals surface area contributed by atoms with Crippen molar-refractivity contribution in [3.63, 3.8) is 0 Å². The van der Waals surface area contributed by atoms with Gasteiger partial charge in [-0.15, -0.1) is 0 Å². The second kappa shape index (κ2) is 4.15. The monoisotopic (exact) mass is 276 g/mol. The van der Waals surface area contributed by atoms with Crippen molar-refractivity contribution < 1.29 is 19.2 Å². The number of benzene rings is 1. The summed E-state index contributed by atoms with van der Waals surface area (Å²) in [5.74, 6) is 1.04. The topological polar surface area (TPSA) is 47.9 Å². The number of phenolic OH excluding ortho intramolecular Hbond substituents is 1. The van der Waals surface area contributed by atoms with Crippen LogP contribution in [0.25, 0.3) is 0 Å². The van der Waals surface area contributed by atoms with Crippen molar-refractivity contribution in [3.8, 4) is 11.5 Å². The molecule has 5 heteroatoms. The van der Waals surface area contributed by atoms with E-state index in [1.165, 1.54) is 0 Å². The molecule has 20 heavy (non-hydrogen) atoms. The highest BCUT2D eigenvalue weighted by Crippen LogP contribution is 2.39. The number of hydrogen-bond acceptors (Lipinski definition) is 4. The summed E-state index contributed by atoms with van der Waals surface area (Å²) < 4.78 is 17.6. The van der Waals surface area contributed by atoms with Gasteiger partial charge in [-0.25, -0.2) is 0 Å². The van der Waals surface area contributed by atoms with Crippen LogP contribution in [0.4, 0.5) is 0 Å². The molecule has 0 spiro atoms. The number of ether oxygens (including phenoxy) is 1. The van der Waals surface area contributed by atoms with Crippen molar-refractivity contribution in [1.29, 1.82) is 0 Å². The Hall–Kier alpha value is -1.20. The van der Waals surface area contributed by atoms with Gasteiger partial charge >= 0.3 is 7.12 Å². The van der Waals surface area contributed by atoms with E-state index in [9.17, 15) is 5.11 Å². The minimum atomic E-state index is -0.536. The average molecular weight is 276 g/mol. The fourth-order valence-electron chi connectivity index (χ4n) is 2.72. The number of aryl methyl sites for hydroxylation is 1. The lowest BCUT2D eigenvalue weighted by molar-refractivity contribution is 0.00578. The van der Waals surface area contributed by atoms with Crippen LogP contribution in [0.15, 0.2) is 6.07 Å². The van der Waals surface area contributed by atoms with Crippen molar-refractivity contribution in [2.45, 2.75) is 52.2 Å². The van der Waals surface area contributed by atoms with Gasteiger partial charge < -0.3 is 19.2 Å². The Kier molecular flexibility index (Phi) is 2.86. The lowest BCUT2D eigenvalue weighted by atomic mass is 9.74. The van der Waals surface area contributed by atoms with Gasteiger partial charge in [0.2, 0.25) is 0 Å². The van der Waals surface area contributed by atoms with E-state index in [1.54, 1.807) is 0 Å². The van der Waals surface area contributed by atoms with Crippen LogP contribution >= 0.6 is 0 Å². The van der Waals surface area contributed by atoms with Gasteiger partial charge in [-0.2, -0.15) is 0 Å². The van der Waals surface area contributed by atoms with Crippen molar-refractivity contribution in [2.75, 3.05) is 6.61 Å². The Morgan fingerprint density at radius 2 is 1.75 bits per heavy atom. The maximum atomic E-state index is 10.6. The summed E-state index contributed by atoms with van der Waals surface area (Å²) in [7, 11) is -0.536. The first-order valence-electron chi connectivity index (χ1n) is 7.07. The van der Waals surface area contributed by atoms with Crippen LogP contribution in [-0.4, -0.2) is 30.0 Å². The van der Waals surface area contributed by atoms with E-state index >= 15 is 0 Å². The molecule has 4 nitrogen and oxygen atoms in total. The Morgan fingerprint density at radius 1 is 1.15 bits per heavy atom. The zero-order valence-corrected chi connectivity index (χ0v) is 12.7. The van der Waals surface area contributed by atoms with Gasteiger partial charge in [0.1, 0.15) is 11.5 Å². The van der Waals surface area contributed by atoms with Crippen molar-refractivity contribution in [3.05, 3.63) is 17.2 Å². The normalized spacial score (nSPS) is 22.8. The summed E-state index contributed by atoms with van der Waals surface area (Å²) in [6.45, 7) is 10.6. The van der Waals surface area contributed by atoms with Gasteiger partial charge in [0.15, 0.2) is 0 Å². The predicted molar refractivity (Wildman–Crippen MR) is 77.8 cm³/mol.